The third kappa shape index (κ3) is 7.29. The van der Waals surface area contributed by atoms with Crippen LogP contribution in [0.5, 0.6) is 17.2 Å². The Labute approximate surface area is 177 Å². The van der Waals surface area contributed by atoms with E-state index >= 15 is 0 Å². The molecule has 2 N–H and O–H groups in total. The van der Waals surface area contributed by atoms with E-state index in [9.17, 15) is 9.59 Å². The van der Waals surface area contributed by atoms with Gasteiger partial charge in [0.15, 0.2) is 0 Å². The fourth-order valence-electron chi connectivity index (χ4n) is 2.78. The summed E-state index contributed by atoms with van der Waals surface area (Å²) < 4.78 is 16.2. The number of anilines is 2. The SMILES string of the molecule is CCOc1ccc(OCC)c(NC(=O)CN(C)CC(=O)Nc2cccc(OC)c2)c1. The zero-order valence-electron chi connectivity index (χ0n) is 17.9. The molecule has 2 aromatic rings. The van der Waals surface area contributed by atoms with Crippen LogP contribution in [0, 0.1) is 0 Å². The molecule has 0 aliphatic heterocycles. The quantitative estimate of drug-likeness (QED) is 0.587. The largest absolute Gasteiger partial charge is 0.497 e. The highest BCUT2D eigenvalue weighted by Crippen LogP contribution is 2.29. The Bertz CT molecular complexity index is 856. The van der Waals surface area contributed by atoms with Gasteiger partial charge in [0.25, 0.3) is 0 Å². The summed E-state index contributed by atoms with van der Waals surface area (Å²) in [7, 11) is 3.26. The van der Waals surface area contributed by atoms with Crippen LogP contribution in [0.25, 0.3) is 0 Å². The first-order valence-electron chi connectivity index (χ1n) is 9.77. The molecule has 162 valence electrons. The van der Waals surface area contributed by atoms with Crippen molar-refractivity contribution in [1.29, 1.82) is 0 Å². The number of nitrogens with one attached hydrogen (secondary N) is 2. The van der Waals surface area contributed by atoms with Crippen LogP contribution in [0.2, 0.25) is 0 Å². The van der Waals surface area contributed by atoms with E-state index in [-0.39, 0.29) is 24.9 Å². The van der Waals surface area contributed by atoms with Crippen molar-refractivity contribution in [3.05, 3.63) is 42.5 Å². The number of likely N-dealkylation sites (N-methyl/N-ethyl adjacent to an activating group) is 1. The number of nitrogens with zero attached hydrogens (tertiary/aromatic N) is 1. The summed E-state index contributed by atoms with van der Waals surface area (Å²) in [5.74, 6) is 1.36. The summed E-state index contributed by atoms with van der Waals surface area (Å²) in [6.07, 6.45) is 0. The molecular weight excluding hydrogens is 386 g/mol. The van der Waals surface area contributed by atoms with Gasteiger partial charge in [-0.05, 0) is 45.2 Å². The fraction of sp³-hybridized carbons (Fsp3) is 0.364. The van der Waals surface area contributed by atoms with Gasteiger partial charge >= 0.3 is 0 Å². The van der Waals surface area contributed by atoms with E-state index in [2.05, 4.69) is 10.6 Å². The van der Waals surface area contributed by atoms with Crippen molar-refractivity contribution in [3.63, 3.8) is 0 Å². The number of carbonyl (C=O) groups is 2. The molecule has 0 saturated carbocycles. The Morgan fingerprint density at radius 2 is 1.60 bits per heavy atom. The highest BCUT2D eigenvalue weighted by atomic mass is 16.5. The second-order valence-electron chi connectivity index (χ2n) is 6.52. The number of hydrogen-bond acceptors (Lipinski definition) is 6. The molecule has 2 aromatic carbocycles. The second-order valence-corrected chi connectivity index (χ2v) is 6.52. The van der Waals surface area contributed by atoms with E-state index in [0.717, 1.165) is 0 Å². The zero-order chi connectivity index (χ0) is 21.9. The summed E-state index contributed by atoms with van der Waals surface area (Å²) >= 11 is 0. The average Bonchev–Trinajstić information content (AvgIpc) is 2.70. The zero-order valence-corrected chi connectivity index (χ0v) is 17.9. The van der Waals surface area contributed by atoms with Gasteiger partial charge in [-0.2, -0.15) is 0 Å². The first-order chi connectivity index (χ1) is 14.4. The molecule has 2 rings (SSSR count). The van der Waals surface area contributed by atoms with Crippen LogP contribution >= 0.6 is 0 Å². The van der Waals surface area contributed by atoms with Crippen molar-refractivity contribution in [2.45, 2.75) is 13.8 Å². The summed E-state index contributed by atoms with van der Waals surface area (Å²) in [5, 5.41) is 5.62. The van der Waals surface area contributed by atoms with Crippen molar-refractivity contribution < 1.29 is 23.8 Å². The van der Waals surface area contributed by atoms with Gasteiger partial charge in [0.05, 0.1) is 39.1 Å². The Morgan fingerprint density at radius 3 is 2.27 bits per heavy atom. The normalized spacial score (nSPS) is 10.4. The van der Waals surface area contributed by atoms with Crippen molar-refractivity contribution >= 4 is 23.2 Å². The lowest BCUT2D eigenvalue weighted by atomic mass is 10.2. The molecule has 30 heavy (non-hydrogen) atoms. The lowest BCUT2D eigenvalue weighted by Gasteiger charge is -2.18. The van der Waals surface area contributed by atoms with Crippen molar-refractivity contribution in [3.8, 4) is 17.2 Å². The number of ether oxygens (including phenoxy) is 3. The molecule has 8 nitrogen and oxygen atoms in total. The molecule has 0 heterocycles. The third-order valence-electron chi connectivity index (χ3n) is 4.02. The maximum absolute atomic E-state index is 12.5. The minimum Gasteiger partial charge on any atom is -0.497 e. The monoisotopic (exact) mass is 415 g/mol. The molecule has 0 radical (unpaired) electrons. The van der Waals surface area contributed by atoms with Crippen LogP contribution in [0.3, 0.4) is 0 Å². The lowest BCUT2D eigenvalue weighted by Crippen LogP contribution is -2.36. The smallest absolute Gasteiger partial charge is 0.238 e. The topological polar surface area (TPSA) is 89.1 Å². The van der Waals surface area contributed by atoms with E-state index in [1.807, 2.05) is 13.8 Å². The van der Waals surface area contributed by atoms with Gasteiger partial charge in [-0.25, -0.2) is 0 Å². The maximum atomic E-state index is 12.5. The van der Waals surface area contributed by atoms with Crippen molar-refractivity contribution in [2.75, 3.05) is 51.1 Å². The van der Waals surface area contributed by atoms with E-state index < -0.39 is 0 Å². The van der Waals surface area contributed by atoms with Gasteiger partial charge in [0.1, 0.15) is 17.2 Å². The summed E-state index contributed by atoms with van der Waals surface area (Å²) in [6.45, 7) is 4.85. The standard InChI is InChI=1S/C22H29N3O5/c1-5-29-18-10-11-20(30-6-2)19(13-18)24-22(27)15-25(3)14-21(26)23-16-8-7-9-17(12-16)28-4/h7-13H,5-6,14-15H2,1-4H3,(H,23,26)(H,24,27). The Morgan fingerprint density at radius 1 is 0.900 bits per heavy atom. The Balaban J connectivity index is 1.92. The molecule has 0 aromatic heterocycles. The van der Waals surface area contributed by atoms with Gasteiger partial charge in [0.2, 0.25) is 11.8 Å². The first kappa shape index (κ1) is 23.0. The second kappa shape index (κ2) is 11.7. The third-order valence-corrected chi connectivity index (χ3v) is 4.02. The first-order valence-corrected chi connectivity index (χ1v) is 9.77. The number of benzene rings is 2. The molecule has 0 aliphatic carbocycles. The van der Waals surface area contributed by atoms with E-state index in [4.69, 9.17) is 14.2 Å². The van der Waals surface area contributed by atoms with Gasteiger partial charge in [-0.15, -0.1) is 0 Å². The Kier molecular flexibility index (Phi) is 8.96. The number of methoxy groups -OCH3 is 1. The van der Waals surface area contributed by atoms with Crippen LogP contribution < -0.4 is 24.8 Å². The number of amides is 2. The summed E-state index contributed by atoms with van der Waals surface area (Å²) in [5.41, 5.74) is 1.16. The van der Waals surface area contributed by atoms with Gasteiger partial charge in [0, 0.05) is 17.8 Å². The van der Waals surface area contributed by atoms with Crippen LogP contribution in [0.15, 0.2) is 42.5 Å². The van der Waals surface area contributed by atoms with Crippen LogP contribution in [0.1, 0.15) is 13.8 Å². The molecule has 0 saturated heterocycles. The van der Waals surface area contributed by atoms with Gasteiger partial charge < -0.3 is 24.8 Å². The van der Waals surface area contributed by atoms with E-state index in [0.29, 0.717) is 41.8 Å². The summed E-state index contributed by atoms with van der Waals surface area (Å²) in [6, 6.07) is 12.4. The highest BCUT2D eigenvalue weighted by Gasteiger charge is 2.14. The Hall–Kier alpha value is -3.26. The molecule has 2 amide bonds. The molecule has 0 atom stereocenters. The predicted octanol–water partition coefficient (Wildman–Crippen LogP) is 3.00. The molecule has 0 bridgehead atoms. The van der Waals surface area contributed by atoms with E-state index in [1.165, 1.54) is 0 Å². The van der Waals surface area contributed by atoms with Crippen molar-refractivity contribution in [2.24, 2.45) is 0 Å². The molecule has 0 unspecified atom stereocenters. The minimum absolute atomic E-state index is 0.0377. The fourth-order valence-corrected chi connectivity index (χ4v) is 2.78. The van der Waals surface area contributed by atoms with Crippen LogP contribution in [0.4, 0.5) is 11.4 Å². The number of rotatable bonds is 11. The molecular formula is C22H29N3O5. The molecule has 0 aliphatic rings. The molecule has 0 fully saturated rings. The van der Waals surface area contributed by atoms with E-state index in [1.54, 1.807) is 61.5 Å². The maximum Gasteiger partial charge on any atom is 0.238 e. The molecule has 8 heteroatoms. The summed E-state index contributed by atoms with van der Waals surface area (Å²) in [4.78, 5) is 26.4. The predicted molar refractivity (Wildman–Crippen MR) is 117 cm³/mol. The lowest BCUT2D eigenvalue weighted by molar-refractivity contribution is -0.119. The highest BCUT2D eigenvalue weighted by molar-refractivity contribution is 5.95. The van der Waals surface area contributed by atoms with Crippen LogP contribution in [-0.4, -0.2) is 57.2 Å². The number of hydrogen-bond donors (Lipinski definition) is 2. The number of carbonyl (C=O) groups excluding carboxylic acids is 2. The molecule has 0 spiro atoms. The van der Waals surface area contributed by atoms with Gasteiger partial charge in [-0.3, -0.25) is 14.5 Å². The average molecular weight is 415 g/mol. The van der Waals surface area contributed by atoms with Crippen molar-refractivity contribution in [1.82, 2.24) is 4.90 Å². The van der Waals surface area contributed by atoms with Gasteiger partial charge in [-0.1, -0.05) is 6.07 Å². The minimum atomic E-state index is -0.263. The van der Waals surface area contributed by atoms with Crippen LogP contribution in [-0.2, 0) is 9.59 Å².